The molecule has 3 atom stereocenters. The number of hydrogen-bond donors (Lipinski definition) is 0. The molecule has 3 rings (SSSR count). The number of benzene rings is 2. The fraction of sp³-hybridized carbons (Fsp3) is 0.531. The second-order valence-electron chi connectivity index (χ2n) is 13.5. The number of rotatable bonds is 10. The molecule has 0 radical (unpaired) electrons. The average Bonchev–Trinajstić information content (AvgIpc) is 3.18. The number of Topliss-reactive ketones (excluding diaryl/α,β-unsaturated/α-hetero) is 1. The summed E-state index contributed by atoms with van der Waals surface area (Å²) in [6.45, 7) is 25.2. The van der Waals surface area contributed by atoms with E-state index in [0.29, 0.717) is 0 Å². The fourth-order valence-electron chi connectivity index (χ4n) is 5.07. The second-order valence-corrected chi connectivity index (χ2v) is 22.6. The third kappa shape index (κ3) is 6.72. The first-order valence-electron chi connectivity index (χ1n) is 13.9. The zero-order valence-electron chi connectivity index (χ0n) is 25.5. The molecule has 39 heavy (non-hydrogen) atoms. The van der Waals surface area contributed by atoms with Crippen molar-refractivity contribution < 1.29 is 23.1 Å². The minimum atomic E-state index is -2.88. The van der Waals surface area contributed by atoms with Gasteiger partial charge in [0.1, 0.15) is 6.10 Å². The topological polar surface area (TPSA) is 54.0 Å². The SMILES string of the molecule is C=CC(O[Si](C)(C)C(C)(C)C)C1OC(C)(C)OC1C(=O)CO[Si](c1ccccc1)(c1ccccc1)C(C)(C)C. The fourth-order valence-corrected chi connectivity index (χ4v) is 10.8. The normalized spacial score (nSPS) is 21.0. The molecular formula is C32H48O5Si2. The van der Waals surface area contributed by atoms with Crippen LogP contribution in [0.2, 0.25) is 23.2 Å². The van der Waals surface area contributed by atoms with Crippen molar-refractivity contribution in [1.29, 1.82) is 0 Å². The van der Waals surface area contributed by atoms with E-state index in [1.165, 1.54) is 0 Å². The van der Waals surface area contributed by atoms with Gasteiger partial charge in [0.05, 0.1) is 12.7 Å². The van der Waals surface area contributed by atoms with Crippen LogP contribution in [0.3, 0.4) is 0 Å². The lowest BCUT2D eigenvalue weighted by molar-refractivity contribution is -0.158. The Morgan fingerprint density at radius 1 is 0.923 bits per heavy atom. The number of hydrogen-bond acceptors (Lipinski definition) is 5. The van der Waals surface area contributed by atoms with Crippen LogP contribution in [0.15, 0.2) is 73.3 Å². The van der Waals surface area contributed by atoms with Crippen LogP contribution in [0.1, 0.15) is 55.4 Å². The first-order chi connectivity index (χ1) is 18.0. The van der Waals surface area contributed by atoms with Gasteiger partial charge in [-0.1, -0.05) is 108 Å². The first-order valence-corrected chi connectivity index (χ1v) is 18.7. The Morgan fingerprint density at radius 2 is 1.41 bits per heavy atom. The average molecular weight is 569 g/mol. The summed E-state index contributed by atoms with van der Waals surface area (Å²) in [5.74, 6) is -1.08. The van der Waals surface area contributed by atoms with Crippen molar-refractivity contribution in [3.05, 3.63) is 73.3 Å². The highest BCUT2D eigenvalue weighted by Crippen LogP contribution is 2.41. The van der Waals surface area contributed by atoms with E-state index >= 15 is 0 Å². The summed E-state index contributed by atoms with van der Waals surface area (Å²) >= 11 is 0. The quantitative estimate of drug-likeness (QED) is 0.251. The van der Waals surface area contributed by atoms with Gasteiger partial charge in [-0.3, -0.25) is 4.79 Å². The van der Waals surface area contributed by atoms with E-state index < -0.39 is 40.7 Å². The molecule has 1 aliphatic rings. The Labute approximate surface area is 238 Å². The number of carbonyl (C=O) groups excluding carboxylic acids is 1. The number of ketones is 1. The summed E-state index contributed by atoms with van der Waals surface area (Å²) in [4.78, 5) is 14.0. The second kappa shape index (κ2) is 11.5. The van der Waals surface area contributed by atoms with Gasteiger partial charge in [-0.15, -0.1) is 6.58 Å². The Morgan fingerprint density at radius 3 is 1.82 bits per heavy atom. The van der Waals surface area contributed by atoms with Crippen molar-refractivity contribution in [2.45, 2.75) is 103 Å². The van der Waals surface area contributed by atoms with Crippen molar-refractivity contribution in [3.63, 3.8) is 0 Å². The van der Waals surface area contributed by atoms with Crippen LogP contribution >= 0.6 is 0 Å². The van der Waals surface area contributed by atoms with Gasteiger partial charge >= 0.3 is 0 Å². The molecular weight excluding hydrogens is 521 g/mol. The Hall–Kier alpha value is -1.88. The van der Waals surface area contributed by atoms with Crippen LogP contribution in [-0.4, -0.2) is 53.1 Å². The molecule has 1 heterocycles. The van der Waals surface area contributed by atoms with E-state index in [1.807, 2.05) is 50.2 Å². The predicted molar refractivity (Wildman–Crippen MR) is 165 cm³/mol. The van der Waals surface area contributed by atoms with Gasteiger partial charge < -0.3 is 18.3 Å². The zero-order chi connectivity index (χ0) is 29.3. The maximum absolute atomic E-state index is 14.0. The molecule has 1 aliphatic heterocycles. The smallest absolute Gasteiger partial charge is 0.261 e. The molecule has 1 saturated heterocycles. The van der Waals surface area contributed by atoms with Crippen molar-refractivity contribution in [1.82, 2.24) is 0 Å². The van der Waals surface area contributed by atoms with Gasteiger partial charge in [0.2, 0.25) is 0 Å². The van der Waals surface area contributed by atoms with E-state index in [-0.39, 0.29) is 22.5 Å². The molecule has 5 nitrogen and oxygen atoms in total. The molecule has 0 aromatic heterocycles. The van der Waals surface area contributed by atoms with Gasteiger partial charge in [-0.2, -0.15) is 0 Å². The molecule has 0 aliphatic carbocycles. The van der Waals surface area contributed by atoms with Gasteiger partial charge in [-0.05, 0) is 47.4 Å². The van der Waals surface area contributed by atoms with E-state index in [2.05, 4.69) is 85.5 Å². The first kappa shape index (κ1) is 31.6. The van der Waals surface area contributed by atoms with Crippen LogP contribution in [-0.2, 0) is 23.1 Å². The van der Waals surface area contributed by atoms with E-state index in [4.69, 9.17) is 18.3 Å². The largest absolute Gasteiger partial charge is 0.408 e. The van der Waals surface area contributed by atoms with Crippen LogP contribution in [0.4, 0.5) is 0 Å². The summed E-state index contributed by atoms with van der Waals surface area (Å²) in [5, 5.41) is 2.01. The lowest BCUT2D eigenvalue weighted by Gasteiger charge is -2.43. The monoisotopic (exact) mass is 568 g/mol. The van der Waals surface area contributed by atoms with Crippen molar-refractivity contribution >= 4 is 32.8 Å². The minimum Gasteiger partial charge on any atom is -0.408 e. The molecule has 0 spiro atoms. The van der Waals surface area contributed by atoms with Gasteiger partial charge in [0.25, 0.3) is 8.32 Å². The maximum atomic E-state index is 14.0. The standard InChI is InChI=1S/C32H48O5Si2/c1-12-27(37-38(10,11)30(2,3)4)29-28(35-32(8,9)36-29)26(33)23-34-39(31(5,6)7,24-19-15-13-16-20-24)25-21-17-14-18-22-25/h12-22,27-29H,1,23H2,2-11H3. The lowest BCUT2D eigenvalue weighted by atomic mass is 10.1. The van der Waals surface area contributed by atoms with Gasteiger partial charge in [0, 0.05) is 0 Å². The van der Waals surface area contributed by atoms with E-state index in [9.17, 15) is 4.79 Å². The molecule has 2 aromatic carbocycles. The van der Waals surface area contributed by atoms with Crippen molar-refractivity contribution in [2.75, 3.05) is 6.61 Å². The third-order valence-corrected chi connectivity index (χ3v) is 17.5. The Balaban J connectivity index is 1.96. The molecule has 0 saturated carbocycles. The number of carbonyl (C=O) groups is 1. The molecule has 214 valence electrons. The molecule has 2 aromatic rings. The molecule has 7 heteroatoms. The third-order valence-electron chi connectivity index (χ3n) is 8.09. The van der Waals surface area contributed by atoms with Gasteiger partial charge in [0.15, 0.2) is 26.0 Å². The molecule has 1 fully saturated rings. The van der Waals surface area contributed by atoms with E-state index in [1.54, 1.807) is 6.08 Å². The highest BCUT2D eigenvalue weighted by molar-refractivity contribution is 6.99. The molecule has 0 bridgehead atoms. The maximum Gasteiger partial charge on any atom is 0.261 e. The summed E-state index contributed by atoms with van der Waals surface area (Å²) in [6, 6.07) is 20.7. The Kier molecular flexibility index (Phi) is 9.37. The lowest BCUT2D eigenvalue weighted by Crippen LogP contribution is -2.67. The minimum absolute atomic E-state index is 0.00483. The highest BCUT2D eigenvalue weighted by atomic mass is 28.4. The van der Waals surface area contributed by atoms with Gasteiger partial charge in [-0.25, -0.2) is 0 Å². The summed E-state index contributed by atoms with van der Waals surface area (Å²) in [6.07, 6.45) is -0.165. The summed E-state index contributed by atoms with van der Waals surface area (Å²) < 4.78 is 26.1. The summed E-state index contributed by atoms with van der Waals surface area (Å²) in [7, 11) is -5.05. The van der Waals surface area contributed by atoms with Crippen LogP contribution in [0, 0.1) is 0 Å². The molecule has 0 N–H and O–H groups in total. The highest BCUT2D eigenvalue weighted by Gasteiger charge is 2.53. The van der Waals surface area contributed by atoms with Crippen LogP contribution in [0.5, 0.6) is 0 Å². The van der Waals surface area contributed by atoms with Crippen LogP contribution < -0.4 is 10.4 Å². The zero-order valence-corrected chi connectivity index (χ0v) is 27.5. The van der Waals surface area contributed by atoms with Crippen molar-refractivity contribution in [2.24, 2.45) is 0 Å². The van der Waals surface area contributed by atoms with E-state index in [0.717, 1.165) is 10.4 Å². The van der Waals surface area contributed by atoms with Crippen molar-refractivity contribution in [3.8, 4) is 0 Å². The van der Waals surface area contributed by atoms with Crippen LogP contribution in [0.25, 0.3) is 0 Å². The number of ether oxygens (including phenoxy) is 2. The Bertz CT molecular complexity index is 1080. The predicted octanol–water partition coefficient (Wildman–Crippen LogP) is 6.23. The summed E-state index contributed by atoms with van der Waals surface area (Å²) in [5.41, 5.74) is 0. The molecule has 0 amide bonds. The molecule has 3 unspecified atom stereocenters.